The SMILES string of the molecule is COc1ccc(C#N)cc1C#CCNC(=O)CN. The molecule has 0 aliphatic carbocycles. The van der Waals surface area contributed by atoms with E-state index in [-0.39, 0.29) is 19.0 Å². The molecule has 0 heterocycles. The molecule has 1 aromatic carbocycles. The van der Waals surface area contributed by atoms with Gasteiger partial charge in [0.2, 0.25) is 5.91 Å². The van der Waals surface area contributed by atoms with Gasteiger partial charge in [-0.15, -0.1) is 0 Å². The van der Waals surface area contributed by atoms with Gasteiger partial charge >= 0.3 is 0 Å². The maximum Gasteiger partial charge on any atom is 0.234 e. The van der Waals surface area contributed by atoms with Crippen LogP contribution in [0.1, 0.15) is 11.1 Å². The number of ether oxygens (including phenoxy) is 1. The highest BCUT2D eigenvalue weighted by atomic mass is 16.5. The summed E-state index contributed by atoms with van der Waals surface area (Å²) in [5.74, 6) is 5.93. The van der Waals surface area contributed by atoms with Gasteiger partial charge in [0, 0.05) is 0 Å². The van der Waals surface area contributed by atoms with Crippen molar-refractivity contribution in [2.75, 3.05) is 20.2 Å². The van der Waals surface area contributed by atoms with E-state index in [9.17, 15) is 4.79 Å². The number of nitrogens with two attached hydrogens (primary N) is 1. The van der Waals surface area contributed by atoms with Gasteiger partial charge in [0.1, 0.15) is 5.75 Å². The molecule has 0 radical (unpaired) electrons. The first-order valence-corrected chi connectivity index (χ1v) is 5.25. The van der Waals surface area contributed by atoms with Crippen molar-refractivity contribution in [1.29, 1.82) is 5.26 Å². The predicted octanol–water partition coefficient (Wildman–Crippen LogP) is -0.00672. The standard InChI is InChI=1S/C13H13N3O2/c1-18-12-5-4-10(8-14)7-11(12)3-2-6-16-13(17)9-15/h4-5,7H,6,9,15H2,1H3,(H,16,17). The van der Waals surface area contributed by atoms with Crippen molar-refractivity contribution in [3.63, 3.8) is 0 Å². The quantitative estimate of drug-likeness (QED) is 0.731. The third kappa shape index (κ3) is 3.82. The molecule has 0 spiro atoms. The second-order valence-corrected chi connectivity index (χ2v) is 3.31. The number of nitrogens with one attached hydrogen (secondary N) is 1. The maximum absolute atomic E-state index is 10.9. The van der Waals surface area contributed by atoms with Crippen LogP contribution in [0.15, 0.2) is 18.2 Å². The van der Waals surface area contributed by atoms with E-state index >= 15 is 0 Å². The second-order valence-electron chi connectivity index (χ2n) is 3.31. The molecule has 0 saturated carbocycles. The number of nitriles is 1. The first kappa shape index (κ1) is 13.6. The molecule has 0 aliphatic heterocycles. The molecule has 1 aromatic rings. The van der Waals surface area contributed by atoms with Crippen LogP contribution in [-0.4, -0.2) is 26.1 Å². The molecule has 5 heteroatoms. The number of carbonyl (C=O) groups excluding carboxylic acids is 1. The lowest BCUT2D eigenvalue weighted by molar-refractivity contribution is -0.119. The number of hydrogen-bond acceptors (Lipinski definition) is 4. The summed E-state index contributed by atoms with van der Waals surface area (Å²) >= 11 is 0. The topological polar surface area (TPSA) is 88.1 Å². The Kier molecular flexibility index (Phi) is 5.24. The summed E-state index contributed by atoms with van der Waals surface area (Å²) in [5.41, 5.74) is 6.25. The molecule has 0 fully saturated rings. The Bertz CT molecular complexity index is 535. The van der Waals surface area contributed by atoms with Crippen LogP contribution in [0, 0.1) is 23.2 Å². The third-order valence-electron chi connectivity index (χ3n) is 2.11. The van der Waals surface area contributed by atoms with Gasteiger partial charge in [-0.05, 0) is 18.2 Å². The van der Waals surface area contributed by atoms with E-state index in [1.54, 1.807) is 18.2 Å². The molecule has 0 aliphatic rings. The minimum atomic E-state index is -0.262. The summed E-state index contributed by atoms with van der Waals surface area (Å²) in [4.78, 5) is 10.9. The molecule has 18 heavy (non-hydrogen) atoms. The van der Waals surface area contributed by atoms with Crippen LogP contribution in [0.5, 0.6) is 5.75 Å². The minimum Gasteiger partial charge on any atom is -0.495 e. The summed E-state index contributed by atoms with van der Waals surface area (Å²) in [7, 11) is 1.53. The maximum atomic E-state index is 10.9. The van der Waals surface area contributed by atoms with Crippen LogP contribution in [0.3, 0.4) is 0 Å². The lowest BCUT2D eigenvalue weighted by atomic mass is 10.1. The number of methoxy groups -OCH3 is 1. The van der Waals surface area contributed by atoms with E-state index in [1.807, 2.05) is 6.07 Å². The molecule has 0 aromatic heterocycles. The van der Waals surface area contributed by atoms with Crippen LogP contribution in [0.2, 0.25) is 0 Å². The zero-order valence-corrected chi connectivity index (χ0v) is 9.99. The number of carbonyl (C=O) groups is 1. The Hall–Kier alpha value is -2.50. The number of rotatable bonds is 3. The summed E-state index contributed by atoms with van der Waals surface area (Å²) in [6.07, 6.45) is 0. The largest absolute Gasteiger partial charge is 0.495 e. The molecule has 92 valence electrons. The molecule has 3 N–H and O–H groups in total. The van der Waals surface area contributed by atoms with E-state index < -0.39 is 0 Å². The van der Waals surface area contributed by atoms with Gasteiger partial charge in [-0.1, -0.05) is 11.8 Å². The first-order valence-electron chi connectivity index (χ1n) is 5.25. The Morgan fingerprint density at radius 3 is 2.94 bits per heavy atom. The average Bonchev–Trinajstić information content (AvgIpc) is 2.42. The van der Waals surface area contributed by atoms with Crippen molar-refractivity contribution in [2.45, 2.75) is 0 Å². The number of amides is 1. The fourth-order valence-electron chi connectivity index (χ4n) is 1.23. The Morgan fingerprint density at radius 2 is 2.33 bits per heavy atom. The normalized spacial score (nSPS) is 8.72. The van der Waals surface area contributed by atoms with Crippen LogP contribution < -0.4 is 15.8 Å². The molecule has 1 amide bonds. The molecule has 1 rings (SSSR count). The minimum absolute atomic E-state index is 0.0606. The lowest BCUT2D eigenvalue weighted by Crippen LogP contribution is -2.30. The zero-order valence-electron chi connectivity index (χ0n) is 9.99. The van der Waals surface area contributed by atoms with Crippen molar-refractivity contribution in [1.82, 2.24) is 5.32 Å². The smallest absolute Gasteiger partial charge is 0.234 e. The molecule has 0 atom stereocenters. The monoisotopic (exact) mass is 243 g/mol. The van der Waals surface area contributed by atoms with Crippen molar-refractivity contribution in [2.24, 2.45) is 5.73 Å². The predicted molar refractivity (Wildman–Crippen MR) is 66.7 cm³/mol. The van der Waals surface area contributed by atoms with Crippen LogP contribution in [0.25, 0.3) is 0 Å². The van der Waals surface area contributed by atoms with E-state index in [4.69, 9.17) is 15.7 Å². The molecular weight excluding hydrogens is 230 g/mol. The van der Waals surface area contributed by atoms with Gasteiger partial charge in [0.15, 0.2) is 0 Å². The van der Waals surface area contributed by atoms with Crippen molar-refractivity contribution >= 4 is 5.91 Å². The van der Waals surface area contributed by atoms with Gasteiger partial charge in [-0.25, -0.2) is 0 Å². The molecule has 0 saturated heterocycles. The summed E-state index contributed by atoms with van der Waals surface area (Å²) < 4.78 is 5.12. The molecule has 5 nitrogen and oxygen atoms in total. The van der Waals surface area contributed by atoms with Gasteiger partial charge < -0.3 is 15.8 Å². The lowest BCUT2D eigenvalue weighted by Gasteiger charge is -2.02. The Morgan fingerprint density at radius 1 is 1.56 bits per heavy atom. The Labute approximate surface area is 106 Å². The average molecular weight is 243 g/mol. The molecule has 0 unspecified atom stereocenters. The number of benzene rings is 1. The third-order valence-corrected chi connectivity index (χ3v) is 2.11. The first-order chi connectivity index (χ1) is 8.71. The zero-order chi connectivity index (χ0) is 13.4. The van der Waals surface area contributed by atoms with Gasteiger partial charge in [-0.3, -0.25) is 4.79 Å². The van der Waals surface area contributed by atoms with E-state index in [1.165, 1.54) is 7.11 Å². The Balaban J connectivity index is 2.80. The van der Waals surface area contributed by atoms with Crippen molar-refractivity contribution in [3.05, 3.63) is 29.3 Å². The van der Waals surface area contributed by atoms with Crippen molar-refractivity contribution < 1.29 is 9.53 Å². The van der Waals surface area contributed by atoms with E-state index in [0.29, 0.717) is 16.9 Å². The summed E-state index contributed by atoms with van der Waals surface area (Å²) in [5, 5.41) is 11.3. The summed E-state index contributed by atoms with van der Waals surface area (Å²) in [6, 6.07) is 7.00. The molecule has 0 bridgehead atoms. The highest BCUT2D eigenvalue weighted by molar-refractivity contribution is 5.78. The van der Waals surface area contributed by atoms with Gasteiger partial charge in [0.05, 0.1) is 37.4 Å². The highest BCUT2D eigenvalue weighted by Crippen LogP contribution is 2.18. The fourth-order valence-corrected chi connectivity index (χ4v) is 1.23. The van der Waals surface area contributed by atoms with Crippen LogP contribution >= 0.6 is 0 Å². The van der Waals surface area contributed by atoms with Gasteiger partial charge in [0.25, 0.3) is 0 Å². The van der Waals surface area contributed by atoms with Crippen molar-refractivity contribution in [3.8, 4) is 23.7 Å². The van der Waals surface area contributed by atoms with Crippen LogP contribution in [-0.2, 0) is 4.79 Å². The number of nitrogens with zero attached hydrogens (tertiary/aromatic N) is 1. The number of hydrogen-bond donors (Lipinski definition) is 2. The fraction of sp³-hybridized carbons (Fsp3) is 0.231. The van der Waals surface area contributed by atoms with E-state index in [0.717, 1.165) is 0 Å². The second kappa shape index (κ2) is 6.95. The summed E-state index contributed by atoms with van der Waals surface area (Å²) in [6.45, 7) is 0.144. The van der Waals surface area contributed by atoms with E-state index in [2.05, 4.69) is 17.2 Å². The van der Waals surface area contributed by atoms with Crippen LogP contribution in [0.4, 0.5) is 0 Å². The highest BCUT2D eigenvalue weighted by Gasteiger charge is 2.01. The molecular formula is C13H13N3O2. The van der Waals surface area contributed by atoms with Gasteiger partial charge in [-0.2, -0.15) is 5.26 Å².